The summed E-state index contributed by atoms with van der Waals surface area (Å²) < 4.78 is 27.3. The molecule has 232 valence electrons. The van der Waals surface area contributed by atoms with Crippen molar-refractivity contribution >= 4 is 6.03 Å². The van der Waals surface area contributed by atoms with Crippen LogP contribution >= 0.6 is 0 Å². The molecule has 2 aliphatic carbocycles. The molecule has 41 heavy (non-hydrogen) atoms. The van der Waals surface area contributed by atoms with Crippen LogP contribution in [0.25, 0.3) is 0 Å². The molecule has 2 amide bonds. The van der Waals surface area contributed by atoms with Crippen LogP contribution in [-0.2, 0) is 29.2 Å². The molecule has 2 saturated carbocycles. The lowest BCUT2D eigenvalue weighted by atomic mass is 9.68. The summed E-state index contributed by atoms with van der Waals surface area (Å²) in [7, 11) is 6.07. The van der Waals surface area contributed by atoms with E-state index < -0.39 is 0 Å². The molecule has 1 saturated heterocycles. The Morgan fingerprint density at radius 1 is 0.805 bits per heavy atom. The molecule has 1 heterocycles. The van der Waals surface area contributed by atoms with E-state index in [0.29, 0.717) is 71.9 Å². The van der Waals surface area contributed by atoms with E-state index in [1.807, 2.05) is 4.90 Å². The second-order valence-corrected chi connectivity index (χ2v) is 12.1. The van der Waals surface area contributed by atoms with Crippen molar-refractivity contribution in [1.82, 2.24) is 14.7 Å². The van der Waals surface area contributed by atoms with Gasteiger partial charge in [0.2, 0.25) is 0 Å². The summed E-state index contributed by atoms with van der Waals surface area (Å²) in [4.78, 5) is 20.4. The zero-order valence-corrected chi connectivity index (χ0v) is 25.7. The topological polar surface area (TPSA) is 72.9 Å². The fraction of sp³-hybridized carbons (Fsp3) is 0.781. The average Bonchev–Trinajstić information content (AvgIpc) is 3.21. The van der Waals surface area contributed by atoms with Crippen molar-refractivity contribution in [3.8, 4) is 0 Å². The first kappa shape index (κ1) is 32.2. The minimum Gasteiger partial charge on any atom is -0.382 e. The molecule has 0 bridgehead atoms. The zero-order valence-electron chi connectivity index (χ0n) is 25.7. The SMILES string of the molecule is COCCOCCOCCOCCOCCN1CC2(CCC(c3ccccc3)(N(C)C)CC2)N(CC2CCC2)C1=O. The number of hydrogen-bond donors (Lipinski definition) is 0. The molecule has 0 aromatic heterocycles. The molecule has 1 aromatic carbocycles. The first-order chi connectivity index (χ1) is 20.0. The van der Waals surface area contributed by atoms with E-state index in [0.717, 1.165) is 38.8 Å². The van der Waals surface area contributed by atoms with Gasteiger partial charge in [-0.1, -0.05) is 36.8 Å². The maximum Gasteiger partial charge on any atom is 0.320 e. The van der Waals surface area contributed by atoms with Crippen molar-refractivity contribution in [2.45, 2.75) is 56.0 Å². The van der Waals surface area contributed by atoms with Crippen molar-refractivity contribution in [2.75, 3.05) is 100 Å². The van der Waals surface area contributed by atoms with Gasteiger partial charge in [0.1, 0.15) is 0 Å². The van der Waals surface area contributed by atoms with Gasteiger partial charge < -0.3 is 33.5 Å². The summed E-state index contributed by atoms with van der Waals surface area (Å²) in [5.74, 6) is 0.658. The standard InChI is InChI=1S/C32H53N3O6/c1-33(2)32(29-10-5-4-6-11-29)14-12-31(13-15-32)27-34(30(36)35(31)26-28-8-7-9-28)16-17-38-20-21-40-24-25-41-23-22-39-19-18-37-3/h4-6,10-11,28H,7-9,12-27H2,1-3H3. The molecule has 1 aliphatic heterocycles. The fourth-order valence-electron chi connectivity index (χ4n) is 6.64. The molecule has 3 aliphatic rings. The van der Waals surface area contributed by atoms with Crippen LogP contribution in [0.15, 0.2) is 30.3 Å². The summed E-state index contributed by atoms with van der Waals surface area (Å²) in [6.45, 7) is 7.27. The van der Waals surface area contributed by atoms with Crippen LogP contribution in [0.4, 0.5) is 4.79 Å². The van der Waals surface area contributed by atoms with Crippen LogP contribution in [0.5, 0.6) is 0 Å². The Labute approximate surface area is 247 Å². The Kier molecular flexibility index (Phi) is 12.7. The molecule has 3 fully saturated rings. The summed E-state index contributed by atoms with van der Waals surface area (Å²) in [6.07, 6.45) is 7.99. The van der Waals surface area contributed by atoms with Gasteiger partial charge in [-0.2, -0.15) is 0 Å². The van der Waals surface area contributed by atoms with Crippen LogP contribution in [0.3, 0.4) is 0 Å². The van der Waals surface area contributed by atoms with E-state index in [1.54, 1.807) is 7.11 Å². The average molecular weight is 576 g/mol. The number of benzene rings is 1. The highest BCUT2D eigenvalue weighted by atomic mass is 16.6. The molecular formula is C32H53N3O6. The number of hydrogen-bond acceptors (Lipinski definition) is 7. The third kappa shape index (κ3) is 8.42. The molecule has 1 aromatic rings. The summed E-state index contributed by atoms with van der Waals surface area (Å²) in [6, 6.07) is 11.1. The molecule has 9 nitrogen and oxygen atoms in total. The molecular weight excluding hydrogens is 522 g/mol. The summed E-state index contributed by atoms with van der Waals surface area (Å²) in [5, 5.41) is 0. The number of carbonyl (C=O) groups excluding carboxylic acids is 1. The van der Waals surface area contributed by atoms with Crippen molar-refractivity contribution < 1.29 is 28.5 Å². The van der Waals surface area contributed by atoms with Gasteiger partial charge in [-0.05, 0) is 64.1 Å². The maximum atomic E-state index is 13.7. The lowest BCUT2D eigenvalue weighted by Gasteiger charge is -2.51. The number of nitrogens with zero attached hydrogens (tertiary/aromatic N) is 3. The zero-order chi connectivity index (χ0) is 29.0. The van der Waals surface area contributed by atoms with E-state index >= 15 is 0 Å². The third-order valence-electron chi connectivity index (χ3n) is 9.45. The van der Waals surface area contributed by atoms with Crippen molar-refractivity contribution in [1.29, 1.82) is 0 Å². The minimum absolute atomic E-state index is 0.0249. The maximum absolute atomic E-state index is 13.7. The number of methoxy groups -OCH3 is 1. The van der Waals surface area contributed by atoms with Gasteiger partial charge in [-0.3, -0.25) is 4.90 Å². The number of ether oxygens (including phenoxy) is 5. The predicted octanol–water partition coefficient (Wildman–Crippen LogP) is 4.01. The van der Waals surface area contributed by atoms with Crippen LogP contribution in [0.1, 0.15) is 50.5 Å². The smallest absolute Gasteiger partial charge is 0.320 e. The highest BCUT2D eigenvalue weighted by Crippen LogP contribution is 2.49. The third-order valence-corrected chi connectivity index (χ3v) is 9.45. The second-order valence-electron chi connectivity index (χ2n) is 12.1. The van der Waals surface area contributed by atoms with Crippen molar-refractivity contribution in [2.24, 2.45) is 5.92 Å². The Hall–Kier alpha value is -1.75. The lowest BCUT2D eigenvalue weighted by Crippen LogP contribution is -2.56. The monoisotopic (exact) mass is 575 g/mol. The van der Waals surface area contributed by atoms with Gasteiger partial charge in [0, 0.05) is 32.3 Å². The fourth-order valence-corrected chi connectivity index (χ4v) is 6.64. The van der Waals surface area contributed by atoms with E-state index in [2.05, 4.69) is 54.2 Å². The van der Waals surface area contributed by atoms with Crippen LogP contribution < -0.4 is 0 Å². The molecule has 0 unspecified atom stereocenters. The van der Waals surface area contributed by atoms with E-state index in [9.17, 15) is 4.79 Å². The quantitative estimate of drug-likeness (QED) is 0.231. The van der Waals surface area contributed by atoms with Gasteiger partial charge in [-0.25, -0.2) is 4.79 Å². The van der Waals surface area contributed by atoms with Crippen LogP contribution in [0, 0.1) is 5.92 Å². The molecule has 9 heteroatoms. The van der Waals surface area contributed by atoms with Gasteiger partial charge in [0.15, 0.2) is 0 Å². The first-order valence-electron chi connectivity index (χ1n) is 15.6. The molecule has 1 spiro atoms. The Balaban J connectivity index is 1.20. The van der Waals surface area contributed by atoms with E-state index in [4.69, 9.17) is 23.7 Å². The Bertz CT molecular complexity index is 889. The number of carbonyl (C=O) groups is 1. The highest BCUT2D eigenvalue weighted by Gasteiger charge is 2.54. The molecule has 0 atom stereocenters. The van der Waals surface area contributed by atoms with E-state index in [1.165, 1.54) is 24.8 Å². The Morgan fingerprint density at radius 2 is 1.37 bits per heavy atom. The first-order valence-corrected chi connectivity index (χ1v) is 15.6. The van der Waals surface area contributed by atoms with Crippen molar-refractivity contribution in [3.05, 3.63) is 35.9 Å². The van der Waals surface area contributed by atoms with Gasteiger partial charge in [0.25, 0.3) is 0 Å². The predicted molar refractivity (Wildman–Crippen MR) is 159 cm³/mol. The Morgan fingerprint density at radius 3 is 1.88 bits per heavy atom. The molecule has 0 radical (unpaired) electrons. The summed E-state index contributed by atoms with van der Waals surface area (Å²) in [5.41, 5.74) is 1.34. The number of rotatable bonds is 19. The molecule has 0 N–H and O–H groups in total. The van der Waals surface area contributed by atoms with Gasteiger partial charge in [-0.15, -0.1) is 0 Å². The molecule has 4 rings (SSSR count). The van der Waals surface area contributed by atoms with E-state index in [-0.39, 0.29) is 17.1 Å². The second kappa shape index (κ2) is 16.2. The number of urea groups is 1. The van der Waals surface area contributed by atoms with Gasteiger partial charge >= 0.3 is 6.03 Å². The largest absolute Gasteiger partial charge is 0.382 e. The van der Waals surface area contributed by atoms with Gasteiger partial charge in [0.05, 0.1) is 65.0 Å². The normalized spacial score (nSPS) is 25.0. The highest BCUT2D eigenvalue weighted by molar-refractivity contribution is 5.78. The lowest BCUT2D eigenvalue weighted by molar-refractivity contribution is -0.00873. The van der Waals surface area contributed by atoms with Crippen LogP contribution in [-0.4, -0.2) is 127 Å². The van der Waals surface area contributed by atoms with Crippen molar-refractivity contribution in [3.63, 3.8) is 0 Å². The minimum atomic E-state index is -0.0705. The van der Waals surface area contributed by atoms with Crippen LogP contribution in [0.2, 0.25) is 0 Å². The summed E-state index contributed by atoms with van der Waals surface area (Å²) >= 11 is 0. The number of amides is 2.